The smallest absolute Gasteiger partial charge is 0.130 e. The topological polar surface area (TPSA) is 26.3 Å². The summed E-state index contributed by atoms with van der Waals surface area (Å²) in [5.74, 6) is 0.665. The van der Waals surface area contributed by atoms with Crippen LogP contribution in [-0.2, 0) is 9.53 Å². The van der Waals surface area contributed by atoms with Crippen molar-refractivity contribution in [2.24, 2.45) is 5.92 Å². The van der Waals surface area contributed by atoms with E-state index in [4.69, 9.17) is 4.74 Å². The summed E-state index contributed by atoms with van der Waals surface area (Å²) in [7, 11) is 0. The number of carbonyl (C=O) groups excluding carboxylic acids is 1. The summed E-state index contributed by atoms with van der Waals surface area (Å²) < 4.78 is 5.67. The zero-order valence-electron chi connectivity index (χ0n) is 8.17. The fraction of sp³-hybridized carbons (Fsp3) is 0.900. The van der Waals surface area contributed by atoms with Crippen LogP contribution >= 0.6 is 0 Å². The SMILES string of the molecule is CC(=O)CC(C)C1CCC(C)O1. The zero-order chi connectivity index (χ0) is 9.14. The second-order valence-corrected chi connectivity index (χ2v) is 3.95. The number of ether oxygens (including phenoxy) is 1. The van der Waals surface area contributed by atoms with E-state index >= 15 is 0 Å². The first-order valence-electron chi connectivity index (χ1n) is 4.74. The molecule has 0 aliphatic carbocycles. The predicted octanol–water partition coefficient (Wildman–Crippen LogP) is 2.17. The first-order valence-corrected chi connectivity index (χ1v) is 4.74. The summed E-state index contributed by atoms with van der Waals surface area (Å²) in [6.45, 7) is 5.85. The maximum atomic E-state index is 10.8. The van der Waals surface area contributed by atoms with Crippen LogP contribution in [0.25, 0.3) is 0 Å². The van der Waals surface area contributed by atoms with Crippen LogP contribution in [0.1, 0.15) is 40.0 Å². The van der Waals surface area contributed by atoms with E-state index in [9.17, 15) is 4.79 Å². The lowest BCUT2D eigenvalue weighted by molar-refractivity contribution is -0.119. The highest BCUT2D eigenvalue weighted by molar-refractivity contribution is 5.75. The van der Waals surface area contributed by atoms with Gasteiger partial charge in [-0.2, -0.15) is 0 Å². The van der Waals surface area contributed by atoms with Crippen molar-refractivity contribution in [3.63, 3.8) is 0 Å². The quantitative estimate of drug-likeness (QED) is 0.649. The molecule has 0 aromatic heterocycles. The molecular weight excluding hydrogens is 152 g/mol. The van der Waals surface area contributed by atoms with E-state index in [0.29, 0.717) is 24.5 Å². The van der Waals surface area contributed by atoms with Gasteiger partial charge in [-0.05, 0) is 32.6 Å². The summed E-state index contributed by atoms with van der Waals surface area (Å²) in [6, 6.07) is 0. The second kappa shape index (κ2) is 4.04. The van der Waals surface area contributed by atoms with E-state index in [2.05, 4.69) is 13.8 Å². The van der Waals surface area contributed by atoms with Gasteiger partial charge in [0, 0.05) is 6.42 Å². The molecule has 0 bridgehead atoms. The van der Waals surface area contributed by atoms with E-state index in [1.165, 1.54) is 0 Å². The van der Waals surface area contributed by atoms with Crippen molar-refractivity contribution in [3.05, 3.63) is 0 Å². The van der Waals surface area contributed by atoms with Crippen LogP contribution in [0.3, 0.4) is 0 Å². The molecule has 0 spiro atoms. The highest BCUT2D eigenvalue weighted by Gasteiger charge is 2.27. The maximum absolute atomic E-state index is 10.8. The van der Waals surface area contributed by atoms with Crippen molar-refractivity contribution < 1.29 is 9.53 Å². The normalized spacial score (nSPS) is 31.9. The van der Waals surface area contributed by atoms with Crippen LogP contribution in [0.5, 0.6) is 0 Å². The number of hydrogen-bond donors (Lipinski definition) is 0. The number of hydrogen-bond acceptors (Lipinski definition) is 2. The van der Waals surface area contributed by atoms with Crippen LogP contribution in [-0.4, -0.2) is 18.0 Å². The average molecular weight is 170 g/mol. The molecule has 0 aromatic rings. The Hall–Kier alpha value is -0.370. The van der Waals surface area contributed by atoms with Crippen molar-refractivity contribution in [2.75, 3.05) is 0 Å². The van der Waals surface area contributed by atoms with Crippen molar-refractivity contribution in [2.45, 2.75) is 52.2 Å². The average Bonchev–Trinajstić information content (AvgIpc) is 2.34. The molecule has 0 saturated carbocycles. The Kier molecular flexibility index (Phi) is 3.27. The molecule has 3 atom stereocenters. The highest BCUT2D eigenvalue weighted by Crippen LogP contribution is 2.26. The monoisotopic (exact) mass is 170 g/mol. The van der Waals surface area contributed by atoms with Gasteiger partial charge in [0.15, 0.2) is 0 Å². The van der Waals surface area contributed by atoms with Crippen LogP contribution in [0.2, 0.25) is 0 Å². The van der Waals surface area contributed by atoms with Gasteiger partial charge < -0.3 is 9.53 Å². The molecule has 1 rings (SSSR count). The summed E-state index contributed by atoms with van der Waals surface area (Å²) >= 11 is 0. The molecule has 12 heavy (non-hydrogen) atoms. The number of ketones is 1. The van der Waals surface area contributed by atoms with Crippen molar-refractivity contribution in [1.29, 1.82) is 0 Å². The Labute approximate surface area is 74.3 Å². The predicted molar refractivity (Wildman–Crippen MR) is 48.0 cm³/mol. The summed E-state index contributed by atoms with van der Waals surface area (Å²) in [6.07, 6.45) is 3.65. The summed E-state index contributed by atoms with van der Waals surface area (Å²) in [5, 5.41) is 0. The largest absolute Gasteiger partial charge is 0.375 e. The second-order valence-electron chi connectivity index (χ2n) is 3.95. The number of Topliss-reactive ketones (excluding diaryl/α,β-unsaturated/α-hetero) is 1. The van der Waals surface area contributed by atoms with Gasteiger partial charge in [-0.1, -0.05) is 6.92 Å². The van der Waals surface area contributed by atoms with E-state index in [1.54, 1.807) is 6.92 Å². The molecule has 3 unspecified atom stereocenters. The van der Waals surface area contributed by atoms with E-state index in [1.807, 2.05) is 0 Å². The third-order valence-electron chi connectivity index (χ3n) is 2.51. The van der Waals surface area contributed by atoms with Crippen molar-refractivity contribution in [3.8, 4) is 0 Å². The molecule has 0 radical (unpaired) electrons. The van der Waals surface area contributed by atoms with E-state index in [0.717, 1.165) is 12.8 Å². The number of rotatable bonds is 3. The third-order valence-corrected chi connectivity index (χ3v) is 2.51. The van der Waals surface area contributed by atoms with Crippen LogP contribution in [0.15, 0.2) is 0 Å². The zero-order valence-corrected chi connectivity index (χ0v) is 8.17. The maximum Gasteiger partial charge on any atom is 0.130 e. The lowest BCUT2D eigenvalue weighted by Gasteiger charge is -2.17. The third kappa shape index (κ3) is 2.59. The standard InChI is InChI=1S/C10H18O2/c1-7(6-8(2)11)10-5-4-9(3)12-10/h7,9-10H,4-6H2,1-3H3. The van der Waals surface area contributed by atoms with Gasteiger partial charge in [-0.15, -0.1) is 0 Å². The first kappa shape index (κ1) is 9.72. The Morgan fingerprint density at radius 3 is 2.67 bits per heavy atom. The van der Waals surface area contributed by atoms with Gasteiger partial charge in [0.1, 0.15) is 5.78 Å². The van der Waals surface area contributed by atoms with Gasteiger partial charge in [-0.25, -0.2) is 0 Å². The van der Waals surface area contributed by atoms with Crippen LogP contribution in [0.4, 0.5) is 0 Å². The molecule has 70 valence electrons. The Morgan fingerprint density at radius 2 is 2.25 bits per heavy atom. The minimum atomic E-state index is 0.269. The van der Waals surface area contributed by atoms with Crippen molar-refractivity contribution >= 4 is 5.78 Å². The van der Waals surface area contributed by atoms with Crippen LogP contribution in [0, 0.1) is 5.92 Å². The first-order chi connectivity index (χ1) is 5.59. The molecule has 1 aliphatic heterocycles. The molecule has 0 amide bonds. The molecule has 0 aromatic carbocycles. The Morgan fingerprint density at radius 1 is 1.58 bits per heavy atom. The lowest BCUT2D eigenvalue weighted by Crippen LogP contribution is -2.20. The van der Waals surface area contributed by atoms with Gasteiger partial charge in [0.05, 0.1) is 12.2 Å². The summed E-state index contributed by atoms with van der Waals surface area (Å²) in [4.78, 5) is 10.8. The number of carbonyl (C=O) groups is 1. The van der Waals surface area contributed by atoms with Gasteiger partial charge in [0.2, 0.25) is 0 Å². The molecule has 1 aliphatic rings. The summed E-state index contributed by atoms with van der Waals surface area (Å²) in [5.41, 5.74) is 0. The van der Waals surface area contributed by atoms with Crippen LogP contribution < -0.4 is 0 Å². The Balaban J connectivity index is 2.32. The van der Waals surface area contributed by atoms with Crippen molar-refractivity contribution in [1.82, 2.24) is 0 Å². The lowest BCUT2D eigenvalue weighted by atomic mass is 9.97. The minimum absolute atomic E-state index is 0.269. The van der Waals surface area contributed by atoms with Gasteiger partial charge in [-0.3, -0.25) is 0 Å². The molecule has 1 saturated heterocycles. The molecule has 1 fully saturated rings. The van der Waals surface area contributed by atoms with E-state index in [-0.39, 0.29) is 5.78 Å². The molecule has 0 N–H and O–H groups in total. The molecule has 2 heteroatoms. The van der Waals surface area contributed by atoms with Gasteiger partial charge >= 0.3 is 0 Å². The van der Waals surface area contributed by atoms with E-state index < -0.39 is 0 Å². The molecule has 1 heterocycles. The van der Waals surface area contributed by atoms with Gasteiger partial charge in [0.25, 0.3) is 0 Å². The fourth-order valence-electron chi connectivity index (χ4n) is 1.84. The fourth-order valence-corrected chi connectivity index (χ4v) is 1.84. The minimum Gasteiger partial charge on any atom is -0.375 e. The Bertz CT molecular complexity index is 165. The molecule has 2 nitrogen and oxygen atoms in total. The molecular formula is C10H18O2. The highest BCUT2D eigenvalue weighted by atomic mass is 16.5.